The molecular formula is C25H45N2O4+. The van der Waals surface area contributed by atoms with Gasteiger partial charge in [0.1, 0.15) is 6.10 Å². The van der Waals surface area contributed by atoms with Crippen LogP contribution in [0.5, 0.6) is 0 Å². The largest absolute Gasteiger partial charge is 0.394 e. The molecule has 0 aliphatic rings. The molecule has 6 heteroatoms. The van der Waals surface area contributed by atoms with Crippen LogP contribution in [0.25, 0.3) is 0 Å². The molecule has 31 heavy (non-hydrogen) atoms. The Hall–Kier alpha value is -1.50. The average Bonchev–Trinajstić information content (AvgIpc) is 2.78. The number of pyridine rings is 1. The summed E-state index contributed by atoms with van der Waals surface area (Å²) in [7, 11) is 0. The first-order valence-electron chi connectivity index (χ1n) is 12.3. The summed E-state index contributed by atoms with van der Waals surface area (Å²) >= 11 is 0. The van der Waals surface area contributed by atoms with Crippen LogP contribution in [-0.2, 0) is 11.3 Å². The maximum absolute atomic E-state index is 12.1. The predicted octanol–water partition coefficient (Wildman–Crippen LogP) is 3.26. The van der Waals surface area contributed by atoms with Crippen molar-refractivity contribution in [2.45, 2.75) is 115 Å². The van der Waals surface area contributed by atoms with E-state index in [0.717, 1.165) is 19.3 Å². The minimum Gasteiger partial charge on any atom is -0.394 e. The number of hydrogen-bond acceptors (Lipinski definition) is 4. The number of aliphatic hydroxyl groups excluding tert-OH is 3. The molecule has 4 N–H and O–H groups in total. The molecule has 0 radical (unpaired) electrons. The Bertz CT molecular complexity index is 556. The van der Waals surface area contributed by atoms with Crippen molar-refractivity contribution in [1.29, 1.82) is 0 Å². The lowest BCUT2D eigenvalue weighted by Gasteiger charge is -2.26. The van der Waals surface area contributed by atoms with Crippen LogP contribution in [0.4, 0.5) is 0 Å². The minimum absolute atomic E-state index is 0.0961. The highest BCUT2D eigenvalue weighted by Crippen LogP contribution is 2.14. The number of nitrogens with zero attached hydrogens (tertiary/aromatic N) is 1. The zero-order chi connectivity index (χ0) is 22.7. The van der Waals surface area contributed by atoms with Crippen molar-refractivity contribution in [3.8, 4) is 0 Å². The van der Waals surface area contributed by atoms with Gasteiger partial charge in [-0.1, -0.05) is 90.0 Å². The molecule has 1 aromatic heterocycles. The van der Waals surface area contributed by atoms with E-state index in [1.807, 2.05) is 18.2 Å². The number of amides is 1. The third-order valence-corrected chi connectivity index (χ3v) is 5.81. The van der Waals surface area contributed by atoms with E-state index < -0.39 is 24.9 Å². The molecule has 0 fully saturated rings. The summed E-state index contributed by atoms with van der Waals surface area (Å²) in [6, 6.07) is 4.64. The van der Waals surface area contributed by atoms with E-state index in [9.17, 15) is 20.1 Å². The number of unbranched alkanes of at least 4 members (excludes halogenated alkanes) is 11. The summed E-state index contributed by atoms with van der Waals surface area (Å²) < 4.78 is 1.71. The average molecular weight is 438 g/mol. The van der Waals surface area contributed by atoms with Crippen molar-refractivity contribution in [2.24, 2.45) is 0 Å². The molecule has 0 bridgehead atoms. The minimum atomic E-state index is -1.18. The molecule has 0 spiro atoms. The molecule has 0 unspecified atom stereocenters. The van der Waals surface area contributed by atoms with Gasteiger partial charge in [-0.05, 0) is 6.42 Å². The third kappa shape index (κ3) is 13.5. The molecule has 0 saturated carbocycles. The maximum Gasteiger partial charge on any atom is 0.286 e. The molecule has 0 aliphatic heterocycles. The summed E-state index contributed by atoms with van der Waals surface area (Å²) in [6.45, 7) is 1.93. The van der Waals surface area contributed by atoms with Crippen LogP contribution in [-0.4, -0.2) is 46.1 Å². The summed E-state index contributed by atoms with van der Waals surface area (Å²) in [6.07, 6.45) is 16.8. The van der Waals surface area contributed by atoms with E-state index in [-0.39, 0.29) is 12.5 Å². The highest BCUT2D eigenvalue weighted by Gasteiger charge is 2.27. The Kier molecular flexibility index (Phi) is 16.1. The molecule has 0 aromatic carbocycles. The molecule has 3 atom stereocenters. The zero-order valence-corrected chi connectivity index (χ0v) is 19.4. The predicted molar refractivity (Wildman–Crippen MR) is 123 cm³/mol. The van der Waals surface area contributed by atoms with Crippen LogP contribution in [0.15, 0.2) is 30.6 Å². The van der Waals surface area contributed by atoms with E-state index in [4.69, 9.17) is 0 Å². The highest BCUT2D eigenvalue weighted by atomic mass is 16.3. The van der Waals surface area contributed by atoms with E-state index in [1.165, 1.54) is 57.8 Å². The summed E-state index contributed by atoms with van der Waals surface area (Å²) in [5.74, 6) is -0.313. The molecule has 0 saturated heterocycles. The topological polar surface area (TPSA) is 93.7 Å². The number of aromatic nitrogens is 1. The van der Waals surface area contributed by atoms with Gasteiger partial charge in [-0.3, -0.25) is 4.79 Å². The van der Waals surface area contributed by atoms with Crippen LogP contribution >= 0.6 is 0 Å². The maximum atomic E-state index is 12.1. The quantitative estimate of drug-likeness (QED) is 0.197. The lowest BCUT2D eigenvalue weighted by molar-refractivity contribution is -0.684. The van der Waals surface area contributed by atoms with Gasteiger partial charge in [-0.15, -0.1) is 0 Å². The van der Waals surface area contributed by atoms with Gasteiger partial charge in [-0.25, -0.2) is 0 Å². The normalized spacial score (nSPS) is 14.2. The number of hydrogen-bond donors (Lipinski definition) is 4. The van der Waals surface area contributed by atoms with Crippen molar-refractivity contribution < 1.29 is 24.7 Å². The van der Waals surface area contributed by atoms with Crippen molar-refractivity contribution in [1.82, 2.24) is 5.32 Å². The van der Waals surface area contributed by atoms with E-state index in [2.05, 4.69) is 12.2 Å². The number of carbonyl (C=O) groups is 1. The molecule has 1 aromatic rings. The van der Waals surface area contributed by atoms with E-state index in [1.54, 1.807) is 17.0 Å². The molecule has 0 aliphatic carbocycles. The fourth-order valence-corrected chi connectivity index (χ4v) is 3.83. The van der Waals surface area contributed by atoms with Crippen LogP contribution in [0.2, 0.25) is 0 Å². The third-order valence-electron chi connectivity index (χ3n) is 5.81. The Morgan fingerprint density at radius 1 is 0.839 bits per heavy atom. The molecule has 1 amide bonds. The van der Waals surface area contributed by atoms with Crippen LogP contribution in [0.1, 0.15) is 90.4 Å². The van der Waals surface area contributed by atoms with Gasteiger partial charge in [0.2, 0.25) is 6.54 Å². The molecule has 1 rings (SSSR count). The number of nitrogens with one attached hydrogen (secondary N) is 1. The SMILES string of the molecule is CCCCCCCCCCCCCC[C@@H](O)[C@@H](O)[C@H](CO)NC(=O)C[n+]1ccccc1. The molecular weight excluding hydrogens is 392 g/mol. The number of aliphatic hydroxyl groups is 3. The Labute approximate surface area is 188 Å². The fourth-order valence-electron chi connectivity index (χ4n) is 3.83. The van der Waals surface area contributed by atoms with Crippen LogP contribution < -0.4 is 9.88 Å². The van der Waals surface area contributed by atoms with Gasteiger partial charge in [-0.2, -0.15) is 4.57 Å². The van der Waals surface area contributed by atoms with Crippen LogP contribution in [0, 0.1) is 0 Å². The lowest BCUT2D eigenvalue weighted by Crippen LogP contribution is -2.53. The fraction of sp³-hybridized carbons (Fsp3) is 0.760. The first-order chi connectivity index (χ1) is 15.1. The second kappa shape index (κ2) is 18.1. The molecule has 6 nitrogen and oxygen atoms in total. The van der Waals surface area contributed by atoms with Gasteiger partial charge in [0.25, 0.3) is 5.91 Å². The summed E-state index contributed by atoms with van der Waals surface area (Å²) in [5, 5.41) is 32.8. The van der Waals surface area contributed by atoms with Crippen molar-refractivity contribution in [3.63, 3.8) is 0 Å². The Morgan fingerprint density at radius 2 is 1.35 bits per heavy atom. The summed E-state index contributed by atoms with van der Waals surface area (Å²) in [4.78, 5) is 12.1. The second-order valence-electron chi connectivity index (χ2n) is 8.64. The lowest BCUT2D eigenvalue weighted by atomic mass is 9.99. The van der Waals surface area contributed by atoms with Gasteiger partial charge >= 0.3 is 0 Å². The highest BCUT2D eigenvalue weighted by molar-refractivity contribution is 5.74. The van der Waals surface area contributed by atoms with Gasteiger partial charge in [0.05, 0.1) is 18.8 Å². The smallest absolute Gasteiger partial charge is 0.286 e. The first kappa shape index (κ1) is 27.5. The van der Waals surface area contributed by atoms with Crippen LogP contribution in [0.3, 0.4) is 0 Å². The van der Waals surface area contributed by atoms with Crippen molar-refractivity contribution in [3.05, 3.63) is 30.6 Å². The van der Waals surface area contributed by atoms with Crippen molar-refractivity contribution >= 4 is 5.91 Å². The van der Waals surface area contributed by atoms with Gasteiger partial charge in [0, 0.05) is 12.1 Å². The summed E-state index contributed by atoms with van der Waals surface area (Å²) in [5.41, 5.74) is 0. The van der Waals surface area contributed by atoms with Gasteiger partial charge in [0.15, 0.2) is 12.4 Å². The monoisotopic (exact) mass is 437 g/mol. The Morgan fingerprint density at radius 3 is 1.87 bits per heavy atom. The van der Waals surface area contributed by atoms with Gasteiger partial charge < -0.3 is 20.6 Å². The second-order valence-corrected chi connectivity index (χ2v) is 8.64. The van der Waals surface area contributed by atoms with Crippen molar-refractivity contribution in [2.75, 3.05) is 6.61 Å². The Balaban J connectivity index is 2.11. The standard InChI is InChI=1S/C25H44N2O4/c1-2-3-4-5-6-7-8-9-10-11-12-14-17-23(29)25(31)22(21-28)26-24(30)20-27-18-15-13-16-19-27/h13,15-16,18-19,22-23,25,28-29,31H,2-12,14,17,20-21H2,1H3/p+1/t22-,23+,25-/m0/s1. The van der Waals surface area contributed by atoms with E-state index >= 15 is 0 Å². The number of carbonyl (C=O) groups excluding carboxylic acids is 1. The first-order valence-corrected chi connectivity index (χ1v) is 12.3. The number of rotatable bonds is 19. The molecule has 178 valence electrons. The zero-order valence-electron chi connectivity index (χ0n) is 19.4. The van der Waals surface area contributed by atoms with E-state index in [0.29, 0.717) is 6.42 Å². The molecule has 1 heterocycles.